The number of carbonyl (C=O) groups excluding carboxylic acids is 1. The average Bonchev–Trinajstić information content (AvgIpc) is 3.53. The van der Waals surface area contributed by atoms with Gasteiger partial charge >= 0.3 is 6.18 Å². The van der Waals surface area contributed by atoms with E-state index in [1.54, 1.807) is 18.6 Å². The van der Waals surface area contributed by atoms with Crippen molar-refractivity contribution < 1.29 is 18.0 Å². The van der Waals surface area contributed by atoms with Crippen molar-refractivity contribution in [2.24, 2.45) is 18.4 Å². The van der Waals surface area contributed by atoms with E-state index in [4.69, 9.17) is 0 Å². The summed E-state index contributed by atoms with van der Waals surface area (Å²) in [4.78, 5) is 35.7. The normalized spacial score (nSPS) is 18.9. The van der Waals surface area contributed by atoms with Gasteiger partial charge in [-0.15, -0.1) is 0 Å². The summed E-state index contributed by atoms with van der Waals surface area (Å²) in [5, 5.41) is 2.50. The van der Waals surface area contributed by atoms with Crippen LogP contribution in [0.25, 0.3) is 0 Å². The van der Waals surface area contributed by atoms with Gasteiger partial charge in [-0.2, -0.15) is 13.2 Å². The van der Waals surface area contributed by atoms with Crippen LogP contribution in [0.1, 0.15) is 31.2 Å². The summed E-state index contributed by atoms with van der Waals surface area (Å²) in [6, 6.07) is 0.715. The van der Waals surface area contributed by atoms with Crippen LogP contribution in [-0.4, -0.2) is 33.5 Å². The molecule has 0 aromatic carbocycles. The Balaban J connectivity index is 1.47. The van der Waals surface area contributed by atoms with Crippen LogP contribution in [0.4, 0.5) is 24.7 Å². The highest BCUT2D eigenvalue weighted by atomic mass is 19.4. The number of hydrogen-bond donors (Lipinski definition) is 1. The third kappa shape index (κ3) is 3.78. The number of aryl methyl sites for hydroxylation is 1. The average molecular weight is 421 g/mol. The van der Waals surface area contributed by atoms with Gasteiger partial charge < -0.3 is 14.8 Å². The predicted molar refractivity (Wildman–Crippen MR) is 104 cm³/mol. The lowest BCUT2D eigenvalue weighted by Gasteiger charge is -2.36. The molecule has 30 heavy (non-hydrogen) atoms. The van der Waals surface area contributed by atoms with Gasteiger partial charge in [-0.1, -0.05) is 0 Å². The zero-order valence-corrected chi connectivity index (χ0v) is 16.4. The fourth-order valence-electron chi connectivity index (χ4n) is 4.27. The molecule has 2 fully saturated rings. The molecule has 1 amide bonds. The van der Waals surface area contributed by atoms with Crippen molar-refractivity contribution in [3.05, 3.63) is 46.8 Å². The topological polar surface area (TPSA) is 80.1 Å². The molecule has 0 spiro atoms. The first kappa shape index (κ1) is 20.4. The van der Waals surface area contributed by atoms with Gasteiger partial charge in [0.2, 0.25) is 5.91 Å². The Hall–Kier alpha value is -2.91. The number of halogens is 3. The molecule has 7 nitrogen and oxygen atoms in total. The van der Waals surface area contributed by atoms with E-state index in [0.717, 1.165) is 42.5 Å². The molecule has 2 aliphatic rings. The Kier molecular flexibility index (Phi) is 5.03. The second-order valence-electron chi connectivity index (χ2n) is 7.99. The van der Waals surface area contributed by atoms with E-state index in [1.165, 1.54) is 7.05 Å². The number of nitrogens with zero attached hydrogens (tertiary/aromatic N) is 4. The van der Waals surface area contributed by atoms with Crippen molar-refractivity contribution >= 4 is 17.4 Å². The minimum Gasteiger partial charge on any atom is -0.355 e. The van der Waals surface area contributed by atoms with Gasteiger partial charge in [0, 0.05) is 38.7 Å². The number of alkyl halides is 3. The first-order chi connectivity index (χ1) is 14.2. The van der Waals surface area contributed by atoms with E-state index in [1.807, 2.05) is 0 Å². The highest BCUT2D eigenvalue weighted by Gasteiger charge is 2.55. The number of piperidine rings is 1. The van der Waals surface area contributed by atoms with Gasteiger partial charge in [0.1, 0.15) is 11.5 Å². The van der Waals surface area contributed by atoms with E-state index in [0.29, 0.717) is 18.9 Å². The maximum absolute atomic E-state index is 13.1. The number of amides is 1. The van der Waals surface area contributed by atoms with Crippen molar-refractivity contribution in [2.75, 3.05) is 23.3 Å². The lowest BCUT2D eigenvalue weighted by Crippen LogP contribution is -2.41. The number of pyridine rings is 1. The van der Waals surface area contributed by atoms with E-state index < -0.39 is 22.7 Å². The number of anilines is 2. The van der Waals surface area contributed by atoms with Gasteiger partial charge in [0.15, 0.2) is 0 Å². The van der Waals surface area contributed by atoms with Crippen molar-refractivity contribution in [3.63, 3.8) is 0 Å². The third-order valence-electron chi connectivity index (χ3n) is 6.15. The SMILES string of the molecule is Cn1cc(C(F)(F)F)cc(NC(=O)C2(C3CCN(c4cnccn4)CC3)CC2)c1=O. The standard InChI is InChI=1S/C20H22F3N5O2/c1-27-12-14(20(21,22)23)10-15(17(27)29)26-18(30)19(4-5-19)13-2-8-28(9-3-13)16-11-24-6-7-25-16/h6-7,10-13H,2-5,8-9H2,1H3,(H,26,30). The molecule has 0 atom stereocenters. The highest BCUT2D eigenvalue weighted by molar-refractivity contribution is 5.97. The Morgan fingerprint density at radius 3 is 2.50 bits per heavy atom. The highest BCUT2D eigenvalue weighted by Crippen LogP contribution is 2.56. The van der Waals surface area contributed by atoms with Gasteiger partial charge in [-0.05, 0) is 37.7 Å². The van der Waals surface area contributed by atoms with Crippen LogP contribution < -0.4 is 15.8 Å². The summed E-state index contributed by atoms with van der Waals surface area (Å²) >= 11 is 0. The van der Waals surface area contributed by atoms with Crippen molar-refractivity contribution in [1.29, 1.82) is 0 Å². The van der Waals surface area contributed by atoms with Crippen molar-refractivity contribution in [3.8, 4) is 0 Å². The molecule has 1 N–H and O–H groups in total. The zero-order chi connectivity index (χ0) is 21.5. The number of carbonyl (C=O) groups is 1. The minimum atomic E-state index is -4.60. The van der Waals surface area contributed by atoms with Crippen LogP contribution in [0.15, 0.2) is 35.6 Å². The van der Waals surface area contributed by atoms with E-state index in [-0.39, 0.29) is 17.5 Å². The molecule has 3 heterocycles. The summed E-state index contributed by atoms with van der Waals surface area (Å²) in [6.45, 7) is 1.45. The second-order valence-corrected chi connectivity index (χ2v) is 7.99. The Morgan fingerprint density at radius 1 is 1.23 bits per heavy atom. The molecule has 1 aliphatic carbocycles. The van der Waals surface area contributed by atoms with Gasteiger partial charge in [0.05, 0.1) is 17.2 Å². The maximum Gasteiger partial charge on any atom is 0.417 e. The lowest BCUT2D eigenvalue weighted by atomic mass is 9.80. The molecular formula is C20H22F3N5O2. The molecule has 2 aromatic heterocycles. The number of aromatic nitrogens is 3. The minimum absolute atomic E-state index is 0.111. The van der Waals surface area contributed by atoms with Crippen LogP contribution in [0.3, 0.4) is 0 Å². The Bertz CT molecular complexity index is 994. The van der Waals surface area contributed by atoms with Gasteiger partial charge in [0.25, 0.3) is 5.56 Å². The number of rotatable bonds is 4. The zero-order valence-electron chi connectivity index (χ0n) is 16.4. The lowest BCUT2D eigenvalue weighted by molar-refractivity contribution is -0.138. The predicted octanol–water partition coefficient (Wildman–Crippen LogP) is 2.83. The van der Waals surface area contributed by atoms with Crippen LogP contribution in [0, 0.1) is 11.3 Å². The van der Waals surface area contributed by atoms with E-state index in [9.17, 15) is 22.8 Å². The van der Waals surface area contributed by atoms with E-state index >= 15 is 0 Å². The molecule has 160 valence electrons. The smallest absolute Gasteiger partial charge is 0.355 e. The molecule has 4 rings (SSSR count). The number of nitrogens with one attached hydrogen (secondary N) is 1. The molecule has 0 bridgehead atoms. The first-order valence-electron chi connectivity index (χ1n) is 9.81. The number of hydrogen-bond acceptors (Lipinski definition) is 5. The summed E-state index contributed by atoms with van der Waals surface area (Å²) < 4.78 is 40.1. The second kappa shape index (κ2) is 7.41. The summed E-state index contributed by atoms with van der Waals surface area (Å²) in [7, 11) is 1.24. The molecule has 0 radical (unpaired) electrons. The summed E-state index contributed by atoms with van der Waals surface area (Å²) in [6.07, 6.45) is 3.95. The van der Waals surface area contributed by atoms with Crippen LogP contribution in [0.2, 0.25) is 0 Å². The molecule has 2 aromatic rings. The monoisotopic (exact) mass is 421 g/mol. The van der Waals surface area contributed by atoms with Gasteiger partial charge in [-0.3, -0.25) is 14.6 Å². The molecule has 1 saturated heterocycles. The first-order valence-corrected chi connectivity index (χ1v) is 9.81. The largest absolute Gasteiger partial charge is 0.417 e. The quantitative estimate of drug-likeness (QED) is 0.821. The summed E-state index contributed by atoms with van der Waals surface area (Å²) in [5.41, 5.74) is -2.58. The molecular weight excluding hydrogens is 399 g/mol. The third-order valence-corrected chi connectivity index (χ3v) is 6.15. The summed E-state index contributed by atoms with van der Waals surface area (Å²) in [5.74, 6) is 0.537. The molecule has 1 aliphatic heterocycles. The van der Waals surface area contributed by atoms with E-state index in [2.05, 4.69) is 20.2 Å². The van der Waals surface area contributed by atoms with Crippen molar-refractivity contribution in [1.82, 2.24) is 14.5 Å². The fraction of sp³-hybridized carbons (Fsp3) is 0.500. The van der Waals surface area contributed by atoms with Crippen LogP contribution in [-0.2, 0) is 18.0 Å². The molecule has 1 saturated carbocycles. The van der Waals surface area contributed by atoms with Crippen LogP contribution >= 0.6 is 0 Å². The van der Waals surface area contributed by atoms with Gasteiger partial charge in [-0.25, -0.2) is 4.98 Å². The van der Waals surface area contributed by atoms with Crippen molar-refractivity contribution in [2.45, 2.75) is 31.9 Å². The maximum atomic E-state index is 13.1. The Labute approximate surface area is 170 Å². The molecule has 0 unspecified atom stereocenters. The Morgan fingerprint density at radius 2 is 1.93 bits per heavy atom. The van der Waals surface area contributed by atoms with Crippen LogP contribution in [0.5, 0.6) is 0 Å². The molecule has 10 heteroatoms. The fourth-order valence-corrected chi connectivity index (χ4v) is 4.27.